The molecule has 0 bridgehead atoms. The van der Waals surface area contributed by atoms with Crippen molar-refractivity contribution in [2.24, 2.45) is 0 Å². The molecule has 0 unspecified atom stereocenters. The third-order valence-corrected chi connectivity index (χ3v) is 1.90. The molecule has 90 valence electrons. The molecule has 0 aliphatic rings. The highest BCUT2D eigenvalue weighted by atomic mass is 14.9. The smallest absolute Gasteiger partial charge is 0.103 e. The molecular formula is C14H19N3. The van der Waals surface area contributed by atoms with Gasteiger partial charge in [0.15, 0.2) is 0 Å². The van der Waals surface area contributed by atoms with Gasteiger partial charge in [-0.25, -0.2) is 0 Å². The van der Waals surface area contributed by atoms with Crippen molar-refractivity contribution >= 4 is 5.69 Å². The van der Waals surface area contributed by atoms with Gasteiger partial charge in [0.2, 0.25) is 0 Å². The number of aromatic nitrogens is 1. The molecule has 0 fully saturated rings. The van der Waals surface area contributed by atoms with Crippen molar-refractivity contribution < 1.29 is 0 Å². The lowest BCUT2D eigenvalue weighted by Crippen LogP contribution is -2.03. The molecule has 0 radical (unpaired) electrons. The lowest BCUT2D eigenvalue weighted by Gasteiger charge is -2.06. The normalized spacial score (nSPS) is 7.94. The summed E-state index contributed by atoms with van der Waals surface area (Å²) in [7, 11) is 0. The van der Waals surface area contributed by atoms with Crippen LogP contribution in [0.2, 0.25) is 0 Å². The summed E-state index contributed by atoms with van der Waals surface area (Å²) in [6.07, 6.45) is 2.37. The van der Waals surface area contributed by atoms with Crippen molar-refractivity contribution in [3.8, 4) is 17.9 Å². The van der Waals surface area contributed by atoms with Crippen LogP contribution in [0.4, 0.5) is 5.69 Å². The van der Waals surface area contributed by atoms with E-state index >= 15 is 0 Å². The Balaban J connectivity index is 0.00000121. The minimum Gasteiger partial charge on any atom is -0.383 e. The van der Waals surface area contributed by atoms with Crippen molar-refractivity contribution in [2.45, 2.75) is 34.1 Å². The zero-order valence-corrected chi connectivity index (χ0v) is 11.0. The molecule has 0 aromatic carbocycles. The highest BCUT2D eigenvalue weighted by molar-refractivity contribution is 5.56. The van der Waals surface area contributed by atoms with Gasteiger partial charge < -0.3 is 5.32 Å². The van der Waals surface area contributed by atoms with E-state index in [9.17, 15) is 0 Å². The van der Waals surface area contributed by atoms with Gasteiger partial charge in [0.1, 0.15) is 6.07 Å². The van der Waals surface area contributed by atoms with Crippen LogP contribution in [0.3, 0.4) is 0 Å². The predicted molar refractivity (Wildman–Crippen MR) is 71.6 cm³/mol. The first-order valence-electron chi connectivity index (χ1n) is 5.78. The summed E-state index contributed by atoms with van der Waals surface area (Å²) in [4.78, 5) is 4.06. The quantitative estimate of drug-likeness (QED) is 0.640. The average Bonchev–Trinajstić information content (AvgIpc) is 2.37. The second-order valence-electron chi connectivity index (χ2n) is 3.09. The maximum atomic E-state index is 8.85. The number of pyridine rings is 1. The molecule has 1 rings (SSSR count). The highest BCUT2D eigenvalue weighted by Gasteiger charge is 2.01. The van der Waals surface area contributed by atoms with Gasteiger partial charge in [-0.3, -0.25) is 4.98 Å². The summed E-state index contributed by atoms with van der Waals surface area (Å²) in [5, 5.41) is 12.0. The molecule has 3 heteroatoms. The molecule has 1 aromatic rings. The van der Waals surface area contributed by atoms with Gasteiger partial charge in [-0.2, -0.15) is 5.26 Å². The van der Waals surface area contributed by atoms with Crippen molar-refractivity contribution in [3.63, 3.8) is 0 Å². The lowest BCUT2D eigenvalue weighted by atomic mass is 10.2. The average molecular weight is 229 g/mol. The Bertz CT molecular complexity index is 433. The molecule has 0 amide bonds. The van der Waals surface area contributed by atoms with E-state index in [4.69, 9.17) is 5.26 Å². The summed E-state index contributed by atoms with van der Waals surface area (Å²) < 4.78 is 0. The van der Waals surface area contributed by atoms with Gasteiger partial charge in [0.25, 0.3) is 0 Å². The Morgan fingerprint density at radius 1 is 1.41 bits per heavy atom. The largest absolute Gasteiger partial charge is 0.383 e. The SMILES string of the molecule is CC.CC#CCCNc1cc(C)ncc1C#N. The first kappa shape index (κ1) is 15.0. The standard InChI is InChI=1S/C12H13N3.C2H6/c1-3-4-5-6-14-12-7-10(2)15-9-11(12)8-13;1-2/h7,9H,5-6H2,1-2H3,(H,14,15);1-2H3. The summed E-state index contributed by atoms with van der Waals surface area (Å²) >= 11 is 0. The molecule has 1 aromatic heterocycles. The maximum absolute atomic E-state index is 8.85. The number of aryl methyl sites for hydroxylation is 1. The minimum absolute atomic E-state index is 0.574. The second-order valence-corrected chi connectivity index (χ2v) is 3.09. The number of anilines is 1. The molecule has 1 heterocycles. The van der Waals surface area contributed by atoms with Crippen molar-refractivity contribution in [1.29, 1.82) is 5.26 Å². The van der Waals surface area contributed by atoms with E-state index in [2.05, 4.69) is 28.2 Å². The molecule has 1 N–H and O–H groups in total. The van der Waals surface area contributed by atoms with Crippen LogP contribution in [0.25, 0.3) is 0 Å². The van der Waals surface area contributed by atoms with Gasteiger partial charge in [0.05, 0.1) is 11.3 Å². The van der Waals surface area contributed by atoms with Crippen molar-refractivity contribution in [3.05, 3.63) is 23.5 Å². The predicted octanol–water partition coefficient (Wildman–Crippen LogP) is 3.11. The van der Waals surface area contributed by atoms with E-state index < -0.39 is 0 Å². The van der Waals surface area contributed by atoms with Gasteiger partial charge >= 0.3 is 0 Å². The van der Waals surface area contributed by atoms with Crippen LogP contribution in [0.1, 0.15) is 38.4 Å². The van der Waals surface area contributed by atoms with Gasteiger partial charge in [-0.05, 0) is 19.9 Å². The van der Waals surface area contributed by atoms with Crippen LogP contribution >= 0.6 is 0 Å². The van der Waals surface area contributed by atoms with Crippen molar-refractivity contribution in [1.82, 2.24) is 4.98 Å². The molecule has 0 saturated heterocycles. The second kappa shape index (κ2) is 9.24. The van der Waals surface area contributed by atoms with Gasteiger partial charge in [0, 0.05) is 24.9 Å². The molecule has 0 atom stereocenters. The number of rotatable bonds is 3. The first-order valence-corrected chi connectivity index (χ1v) is 5.78. The number of nitrogens with one attached hydrogen (secondary N) is 1. The number of nitriles is 1. The molecule has 0 aliphatic carbocycles. The molecule has 0 spiro atoms. The fraction of sp³-hybridized carbons (Fsp3) is 0.429. The van der Waals surface area contributed by atoms with Gasteiger partial charge in [-0.1, -0.05) is 13.8 Å². The van der Waals surface area contributed by atoms with E-state index in [1.807, 2.05) is 33.8 Å². The monoisotopic (exact) mass is 229 g/mol. The van der Waals surface area contributed by atoms with Crippen LogP contribution in [-0.4, -0.2) is 11.5 Å². The molecular weight excluding hydrogens is 210 g/mol. The zero-order valence-electron chi connectivity index (χ0n) is 11.0. The van der Waals surface area contributed by atoms with E-state index in [-0.39, 0.29) is 0 Å². The summed E-state index contributed by atoms with van der Waals surface area (Å²) in [5.74, 6) is 5.79. The molecule has 0 aliphatic heterocycles. The fourth-order valence-corrected chi connectivity index (χ4v) is 1.18. The highest BCUT2D eigenvalue weighted by Crippen LogP contribution is 2.14. The Labute approximate surface area is 104 Å². The summed E-state index contributed by atoms with van der Waals surface area (Å²) in [6.45, 7) is 8.47. The topological polar surface area (TPSA) is 48.7 Å². The van der Waals surface area contributed by atoms with E-state index in [0.717, 1.165) is 24.3 Å². The lowest BCUT2D eigenvalue weighted by molar-refractivity contribution is 1.08. The van der Waals surface area contributed by atoms with E-state index in [1.165, 1.54) is 0 Å². The molecule has 0 saturated carbocycles. The third kappa shape index (κ3) is 5.58. The Kier molecular flexibility index (Phi) is 8.15. The summed E-state index contributed by atoms with van der Waals surface area (Å²) in [6, 6.07) is 3.98. The Morgan fingerprint density at radius 2 is 2.12 bits per heavy atom. The number of hydrogen-bond donors (Lipinski definition) is 1. The third-order valence-electron chi connectivity index (χ3n) is 1.90. The van der Waals surface area contributed by atoms with Crippen LogP contribution in [0, 0.1) is 30.1 Å². The Hall–Kier alpha value is -2.00. The van der Waals surface area contributed by atoms with Crippen LogP contribution in [0.5, 0.6) is 0 Å². The van der Waals surface area contributed by atoms with Crippen molar-refractivity contribution in [2.75, 3.05) is 11.9 Å². The van der Waals surface area contributed by atoms with E-state index in [0.29, 0.717) is 5.56 Å². The summed E-state index contributed by atoms with van der Waals surface area (Å²) in [5.41, 5.74) is 2.31. The molecule has 3 nitrogen and oxygen atoms in total. The Morgan fingerprint density at radius 3 is 2.71 bits per heavy atom. The minimum atomic E-state index is 0.574. The molecule has 17 heavy (non-hydrogen) atoms. The number of hydrogen-bond acceptors (Lipinski definition) is 3. The fourth-order valence-electron chi connectivity index (χ4n) is 1.18. The van der Waals surface area contributed by atoms with Gasteiger partial charge in [-0.15, -0.1) is 11.8 Å². The van der Waals surface area contributed by atoms with E-state index in [1.54, 1.807) is 6.20 Å². The zero-order chi connectivity index (χ0) is 13.1. The van der Waals surface area contributed by atoms with Crippen LogP contribution < -0.4 is 5.32 Å². The maximum Gasteiger partial charge on any atom is 0.103 e. The number of nitrogens with zero attached hydrogens (tertiary/aromatic N) is 2. The van der Waals surface area contributed by atoms with Crippen LogP contribution in [-0.2, 0) is 0 Å². The first-order chi connectivity index (χ1) is 8.27. The van der Waals surface area contributed by atoms with Crippen LogP contribution in [0.15, 0.2) is 12.3 Å².